The van der Waals surface area contributed by atoms with Crippen molar-refractivity contribution in [2.45, 2.75) is 31.3 Å². The van der Waals surface area contributed by atoms with Gasteiger partial charge in [-0.15, -0.1) is 0 Å². The molecule has 0 aliphatic carbocycles. The van der Waals surface area contributed by atoms with Gasteiger partial charge in [0.1, 0.15) is 0 Å². The molecule has 0 fully saturated rings. The standard InChI is InChI=1S/C15H17N3O4S/c1-11-5-3-6-14(18(19)20)15(11)23(21,22)17-10-9-16-8-4-7-13(16)12(17)2/h3-8,12H,9-10H2,1-2H3. The second kappa shape index (κ2) is 5.47. The Morgan fingerprint density at radius 3 is 2.65 bits per heavy atom. The van der Waals surface area contributed by atoms with Crippen molar-refractivity contribution in [2.24, 2.45) is 0 Å². The maximum Gasteiger partial charge on any atom is 0.289 e. The number of hydrogen-bond donors (Lipinski definition) is 0. The molecular formula is C15H17N3O4S. The van der Waals surface area contributed by atoms with E-state index in [4.69, 9.17) is 0 Å². The van der Waals surface area contributed by atoms with E-state index in [1.807, 2.05) is 22.9 Å². The number of aryl methyl sites for hydroxylation is 1. The average molecular weight is 335 g/mol. The van der Waals surface area contributed by atoms with E-state index in [9.17, 15) is 18.5 Å². The normalized spacial score (nSPS) is 18.6. The molecule has 1 atom stereocenters. The lowest BCUT2D eigenvalue weighted by atomic mass is 10.2. The Kier molecular flexibility index (Phi) is 3.73. The number of hydrogen-bond acceptors (Lipinski definition) is 4. The summed E-state index contributed by atoms with van der Waals surface area (Å²) in [6.45, 7) is 4.20. The van der Waals surface area contributed by atoms with Gasteiger partial charge in [-0.1, -0.05) is 12.1 Å². The molecule has 7 nitrogen and oxygen atoms in total. The second-order valence-electron chi connectivity index (χ2n) is 5.60. The van der Waals surface area contributed by atoms with Crippen molar-refractivity contribution < 1.29 is 13.3 Å². The fraction of sp³-hybridized carbons (Fsp3) is 0.333. The minimum Gasteiger partial charge on any atom is -0.349 e. The largest absolute Gasteiger partial charge is 0.349 e. The van der Waals surface area contributed by atoms with Crippen LogP contribution < -0.4 is 0 Å². The summed E-state index contributed by atoms with van der Waals surface area (Å²) in [6, 6.07) is 7.69. The molecule has 2 aromatic rings. The van der Waals surface area contributed by atoms with E-state index in [2.05, 4.69) is 0 Å². The first-order valence-electron chi connectivity index (χ1n) is 7.25. The summed E-state index contributed by atoms with van der Waals surface area (Å²) < 4.78 is 29.5. The molecule has 122 valence electrons. The molecule has 2 heterocycles. The molecule has 0 bridgehead atoms. The number of aromatic nitrogens is 1. The number of sulfonamides is 1. The van der Waals surface area contributed by atoms with Crippen LogP contribution in [-0.4, -0.2) is 28.8 Å². The molecule has 1 unspecified atom stereocenters. The summed E-state index contributed by atoms with van der Waals surface area (Å²) in [5, 5.41) is 11.3. The van der Waals surface area contributed by atoms with Crippen molar-refractivity contribution in [3.05, 3.63) is 57.9 Å². The molecule has 0 amide bonds. The van der Waals surface area contributed by atoms with Gasteiger partial charge in [0.05, 0.1) is 11.0 Å². The summed E-state index contributed by atoms with van der Waals surface area (Å²) in [4.78, 5) is 10.4. The van der Waals surface area contributed by atoms with Crippen molar-refractivity contribution >= 4 is 15.7 Å². The van der Waals surface area contributed by atoms with Gasteiger partial charge >= 0.3 is 0 Å². The Morgan fingerprint density at radius 1 is 1.22 bits per heavy atom. The van der Waals surface area contributed by atoms with Crippen LogP contribution in [-0.2, 0) is 16.6 Å². The van der Waals surface area contributed by atoms with E-state index in [0.29, 0.717) is 12.1 Å². The summed E-state index contributed by atoms with van der Waals surface area (Å²) in [5.41, 5.74) is 0.890. The van der Waals surface area contributed by atoms with Crippen LogP contribution in [0.3, 0.4) is 0 Å². The summed E-state index contributed by atoms with van der Waals surface area (Å²) in [7, 11) is -3.96. The van der Waals surface area contributed by atoms with E-state index in [0.717, 1.165) is 5.69 Å². The van der Waals surface area contributed by atoms with E-state index in [1.54, 1.807) is 19.9 Å². The first kappa shape index (κ1) is 15.7. The topological polar surface area (TPSA) is 85.4 Å². The summed E-state index contributed by atoms with van der Waals surface area (Å²) in [5.74, 6) is 0. The Hall–Kier alpha value is -2.19. The molecule has 1 aromatic heterocycles. The van der Waals surface area contributed by atoms with Gasteiger partial charge in [-0.2, -0.15) is 4.31 Å². The smallest absolute Gasteiger partial charge is 0.289 e. The number of fused-ring (bicyclic) bond motifs is 1. The van der Waals surface area contributed by atoms with Crippen LogP contribution in [0.5, 0.6) is 0 Å². The van der Waals surface area contributed by atoms with Gasteiger partial charge in [-0.25, -0.2) is 8.42 Å². The zero-order valence-electron chi connectivity index (χ0n) is 12.8. The van der Waals surface area contributed by atoms with E-state index in [-0.39, 0.29) is 23.2 Å². The second-order valence-corrected chi connectivity index (χ2v) is 7.43. The number of nitro benzene ring substituents is 1. The number of rotatable bonds is 3. The van der Waals surface area contributed by atoms with Crippen LogP contribution in [0.25, 0.3) is 0 Å². The van der Waals surface area contributed by atoms with Gasteiger partial charge < -0.3 is 4.57 Å². The summed E-state index contributed by atoms with van der Waals surface area (Å²) >= 11 is 0. The predicted octanol–water partition coefficient (Wildman–Crippen LogP) is 2.47. The zero-order valence-corrected chi connectivity index (χ0v) is 13.7. The Balaban J connectivity index is 2.13. The van der Waals surface area contributed by atoms with Crippen molar-refractivity contribution in [2.75, 3.05) is 6.54 Å². The van der Waals surface area contributed by atoms with Crippen LogP contribution in [0.4, 0.5) is 5.69 Å². The Morgan fingerprint density at radius 2 is 1.96 bits per heavy atom. The first-order valence-corrected chi connectivity index (χ1v) is 8.69. The molecule has 0 saturated heterocycles. The SMILES string of the molecule is Cc1cccc([N+](=O)[O-])c1S(=O)(=O)N1CCn2cccc2C1C. The van der Waals surface area contributed by atoms with E-state index in [1.165, 1.54) is 16.4 Å². The maximum absolute atomic E-state index is 13.1. The molecule has 0 radical (unpaired) electrons. The lowest BCUT2D eigenvalue weighted by molar-refractivity contribution is -0.387. The highest BCUT2D eigenvalue weighted by Gasteiger charge is 2.38. The lowest BCUT2D eigenvalue weighted by Gasteiger charge is -2.34. The molecule has 1 aromatic carbocycles. The predicted molar refractivity (Wildman–Crippen MR) is 84.6 cm³/mol. The number of benzene rings is 1. The Bertz CT molecular complexity index is 873. The minimum absolute atomic E-state index is 0.211. The number of nitro groups is 1. The van der Waals surface area contributed by atoms with Crippen molar-refractivity contribution in [3.8, 4) is 0 Å². The van der Waals surface area contributed by atoms with Gasteiger partial charge in [0.2, 0.25) is 0 Å². The minimum atomic E-state index is -3.96. The van der Waals surface area contributed by atoms with Crippen molar-refractivity contribution in [1.82, 2.24) is 8.87 Å². The maximum atomic E-state index is 13.1. The van der Waals surface area contributed by atoms with E-state index < -0.39 is 14.9 Å². The fourth-order valence-electron chi connectivity index (χ4n) is 3.12. The van der Waals surface area contributed by atoms with Crippen LogP contribution in [0, 0.1) is 17.0 Å². The third-order valence-electron chi connectivity index (χ3n) is 4.24. The third kappa shape index (κ3) is 2.43. The van der Waals surface area contributed by atoms with Gasteiger partial charge in [-0.3, -0.25) is 10.1 Å². The highest BCUT2D eigenvalue weighted by atomic mass is 32.2. The van der Waals surface area contributed by atoms with Gasteiger partial charge in [0.15, 0.2) is 4.90 Å². The monoisotopic (exact) mass is 335 g/mol. The molecular weight excluding hydrogens is 318 g/mol. The first-order chi connectivity index (χ1) is 10.8. The average Bonchev–Trinajstić information content (AvgIpc) is 2.96. The quantitative estimate of drug-likeness (QED) is 0.637. The van der Waals surface area contributed by atoms with Crippen LogP contribution in [0.1, 0.15) is 24.2 Å². The molecule has 0 spiro atoms. The van der Waals surface area contributed by atoms with Crippen molar-refractivity contribution in [3.63, 3.8) is 0 Å². The molecule has 0 saturated carbocycles. The van der Waals surface area contributed by atoms with Gasteiger partial charge in [0, 0.05) is 31.0 Å². The lowest BCUT2D eigenvalue weighted by Crippen LogP contribution is -2.41. The zero-order chi connectivity index (χ0) is 16.8. The van der Waals surface area contributed by atoms with Crippen LogP contribution in [0.15, 0.2) is 41.4 Å². The number of nitrogens with zero attached hydrogens (tertiary/aromatic N) is 3. The highest BCUT2D eigenvalue weighted by molar-refractivity contribution is 7.89. The van der Waals surface area contributed by atoms with Crippen molar-refractivity contribution in [1.29, 1.82) is 0 Å². The van der Waals surface area contributed by atoms with E-state index >= 15 is 0 Å². The van der Waals surface area contributed by atoms with Gasteiger partial charge in [0.25, 0.3) is 15.7 Å². The molecule has 1 aliphatic heterocycles. The Labute approximate surface area is 134 Å². The molecule has 23 heavy (non-hydrogen) atoms. The summed E-state index contributed by atoms with van der Waals surface area (Å²) in [6.07, 6.45) is 1.91. The molecule has 1 aliphatic rings. The van der Waals surface area contributed by atoms with Gasteiger partial charge in [-0.05, 0) is 31.5 Å². The molecule has 8 heteroatoms. The molecule has 0 N–H and O–H groups in total. The fourth-order valence-corrected chi connectivity index (χ4v) is 5.08. The third-order valence-corrected chi connectivity index (χ3v) is 6.40. The highest BCUT2D eigenvalue weighted by Crippen LogP contribution is 2.35. The molecule has 3 rings (SSSR count). The van der Waals surface area contributed by atoms with Crippen LogP contribution in [0.2, 0.25) is 0 Å². The van der Waals surface area contributed by atoms with Crippen LogP contribution >= 0.6 is 0 Å².